The molecule has 0 atom stereocenters. The Balaban J connectivity index is 1.83. The van der Waals surface area contributed by atoms with Crippen molar-refractivity contribution in [2.75, 3.05) is 5.32 Å². The van der Waals surface area contributed by atoms with Gasteiger partial charge in [0, 0.05) is 35.5 Å². The maximum Gasteiger partial charge on any atom is 0.272 e. The van der Waals surface area contributed by atoms with Crippen molar-refractivity contribution in [1.82, 2.24) is 20.2 Å². The molecule has 0 bridgehead atoms. The molecule has 126 valence electrons. The van der Waals surface area contributed by atoms with Gasteiger partial charge in [0.05, 0.1) is 4.92 Å². The largest absolute Gasteiger partial charge is 0.322 e. The van der Waals surface area contributed by atoms with Crippen molar-refractivity contribution in [3.05, 3.63) is 63.7 Å². The zero-order valence-electron chi connectivity index (χ0n) is 13.5. The van der Waals surface area contributed by atoms with Crippen LogP contribution in [0.2, 0.25) is 0 Å². The van der Waals surface area contributed by atoms with E-state index in [1.165, 1.54) is 22.9 Å². The number of tetrazole rings is 1. The Bertz CT molecular complexity index is 966. The summed E-state index contributed by atoms with van der Waals surface area (Å²) in [6.07, 6.45) is 0. The highest BCUT2D eigenvalue weighted by Crippen LogP contribution is 2.22. The molecule has 0 aliphatic heterocycles. The van der Waals surface area contributed by atoms with E-state index in [9.17, 15) is 14.9 Å². The summed E-state index contributed by atoms with van der Waals surface area (Å²) in [4.78, 5) is 22.8. The summed E-state index contributed by atoms with van der Waals surface area (Å²) in [6, 6.07) is 11.3. The molecule has 3 aromatic rings. The van der Waals surface area contributed by atoms with Crippen molar-refractivity contribution in [2.24, 2.45) is 7.05 Å². The highest BCUT2D eigenvalue weighted by atomic mass is 16.6. The molecule has 25 heavy (non-hydrogen) atoms. The third-order valence-corrected chi connectivity index (χ3v) is 3.65. The van der Waals surface area contributed by atoms with Gasteiger partial charge in [-0.05, 0) is 41.6 Å². The molecule has 0 aliphatic carbocycles. The van der Waals surface area contributed by atoms with E-state index in [-0.39, 0.29) is 11.6 Å². The van der Waals surface area contributed by atoms with E-state index >= 15 is 0 Å². The quantitative estimate of drug-likeness (QED) is 0.576. The number of hydrogen-bond donors (Lipinski definition) is 1. The SMILES string of the molecule is Cc1cc(C(=O)Nc2cccc(-c3nnnn3C)c2)ccc1[N+](=O)[O-]. The summed E-state index contributed by atoms with van der Waals surface area (Å²) in [7, 11) is 1.72. The van der Waals surface area contributed by atoms with E-state index in [1.54, 1.807) is 32.2 Å². The van der Waals surface area contributed by atoms with Gasteiger partial charge in [0.2, 0.25) is 0 Å². The number of nitro benzene ring substituents is 1. The Morgan fingerprint density at radius 2 is 2.04 bits per heavy atom. The summed E-state index contributed by atoms with van der Waals surface area (Å²) >= 11 is 0. The van der Waals surface area contributed by atoms with Crippen molar-refractivity contribution < 1.29 is 9.72 Å². The van der Waals surface area contributed by atoms with Crippen LogP contribution >= 0.6 is 0 Å². The third kappa shape index (κ3) is 3.34. The first-order chi connectivity index (χ1) is 12.0. The number of aromatic nitrogens is 4. The number of rotatable bonds is 4. The van der Waals surface area contributed by atoms with Crippen LogP contribution in [-0.2, 0) is 7.05 Å². The molecule has 0 saturated heterocycles. The minimum atomic E-state index is -0.477. The number of nitrogens with zero attached hydrogens (tertiary/aromatic N) is 5. The van der Waals surface area contributed by atoms with Gasteiger partial charge in [-0.15, -0.1) is 5.10 Å². The van der Waals surface area contributed by atoms with E-state index < -0.39 is 4.92 Å². The monoisotopic (exact) mass is 338 g/mol. The average Bonchev–Trinajstić information content (AvgIpc) is 3.00. The molecule has 1 amide bonds. The van der Waals surface area contributed by atoms with E-state index in [0.29, 0.717) is 22.6 Å². The zero-order chi connectivity index (χ0) is 18.0. The van der Waals surface area contributed by atoms with Crippen LogP contribution in [0.5, 0.6) is 0 Å². The average molecular weight is 338 g/mol. The molecule has 0 aliphatic rings. The lowest BCUT2D eigenvalue weighted by atomic mass is 10.1. The summed E-state index contributed by atoms with van der Waals surface area (Å²) in [5.41, 5.74) is 2.07. The standard InChI is InChI=1S/C16H14N6O3/c1-10-8-12(6-7-14(10)22(24)25)16(23)17-13-5-3-4-11(9-13)15-18-19-20-21(15)2/h3-9H,1-2H3,(H,17,23). The van der Waals surface area contributed by atoms with Gasteiger partial charge in [-0.2, -0.15) is 0 Å². The first-order valence-corrected chi connectivity index (χ1v) is 7.35. The lowest BCUT2D eigenvalue weighted by Crippen LogP contribution is -2.12. The molecule has 0 radical (unpaired) electrons. The topological polar surface area (TPSA) is 116 Å². The predicted molar refractivity (Wildman–Crippen MR) is 90.0 cm³/mol. The number of benzene rings is 2. The minimum Gasteiger partial charge on any atom is -0.322 e. The molecule has 0 fully saturated rings. The molecule has 9 nitrogen and oxygen atoms in total. The van der Waals surface area contributed by atoms with Gasteiger partial charge in [-0.1, -0.05) is 12.1 Å². The summed E-state index contributed by atoms with van der Waals surface area (Å²) < 4.78 is 1.53. The van der Waals surface area contributed by atoms with Gasteiger partial charge < -0.3 is 5.32 Å². The number of anilines is 1. The van der Waals surface area contributed by atoms with E-state index in [1.807, 2.05) is 6.07 Å². The molecule has 9 heteroatoms. The van der Waals surface area contributed by atoms with Crippen LogP contribution in [0.25, 0.3) is 11.4 Å². The highest BCUT2D eigenvalue weighted by Gasteiger charge is 2.14. The summed E-state index contributed by atoms with van der Waals surface area (Å²) in [5, 5.41) is 24.9. The third-order valence-electron chi connectivity index (χ3n) is 3.65. The van der Waals surface area contributed by atoms with Gasteiger partial charge in [0.25, 0.3) is 11.6 Å². The second-order valence-corrected chi connectivity index (χ2v) is 5.42. The van der Waals surface area contributed by atoms with Gasteiger partial charge in [-0.25, -0.2) is 4.68 Å². The molecule has 1 aromatic heterocycles. The van der Waals surface area contributed by atoms with Gasteiger partial charge in [0.15, 0.2) is 5.82 Å². The number of amides is 1. The Labute approximate surface area is 142 Å². The number of carbonyl (C=O) groups excluding carboxylic acids is 1. The second kappa shape index (κ2) is 6.48. The van der Waals surface area contributed by atoms with Crippen molar-refractivity contribution in [1.29, 1.82) is 0 Å². The molecule has 0 spiro atoms. The Hall–Kier alpha value is -3.62. The molecule has 1 heterocycles. The van der Waals surface area contributed by atoms with Gasteiger partial charge in [-0.3, -0.25) is 14.9 Å². The first kappa shape index (κ1) is 16.2. The van der Waals surface area contributed by atoms with Gasteiger partial charge >= 0.3 is 0 Å². The summed E-state index contributed by atoms with van der Waals surface area (Å²) in [5.74, 6) is 0.216. The van der Waals surface area contributed by atoms with Crippen molar-refractivity contribution >= 4 is 17.3 Å². The van der Waals surface area contributed by atoms with E-state index in [4.69, 9.17) is 0 Å². The fraction of sp³-hybridized carbons (Fsp3) is 0.125. The molecular formula is C16H14N6O3. The van der Waals surface area contributed by atoms with Crippen LogP contribution < -0.4 is 5.32 Å². The molecular weight excluding hydrogens is 324 g/mol. The predicted octanol–water partition coefficient (Wildman–Crippen LogP) is 2.35. The maximum absolute atomic E-state index is 12.4. The number of aryl methyl sites for hydroxylation is 2. The van der Waals surface area contributed by atoms with Crippen molar-refractivity contribution in [3.8, 4) is 11.4 Å². The lowest BCUT2D eigenvalue weighted by molar-refractivity contribution is -0.385. The van der Waals surface area contributed by atoms with E-state index in [2.05, 4.69) is 20.8 Å². The number of nitrogens with one attached hydrogen (secondary N) is 1. The smallest absolute Gasteiger partial charge is 0.272 e. The highest BCUT2D eigenvalue weighted by molar-refractivity contribution is 6.04. The molecule has 2 aromatic carbocycles. The molecule has 1 N–H and O–H groups in total. The first-order valence-electron chi connectivity index (χ1n) is 7.35. The van der Waals surface area contributed by atoms with Crippen LogP contribution in [-0.4, -0.2) is 31.0 Å². The van der Waals surface area contributed by atoms with E-state index in [0.717, 1.165) is 5.56 Å². The number of carbonyl (C=O) groups is 1. The number of nitro groups is 1. The zero-order valence-corrected chi connectivity index (χ0v) is 13.5. The fourth-order valence-corrected chi connectivity index (χ4v) is 2.41. The Morgan fingerprint density at radius 1 is 1.24 bits per heavy atom. The fourth-order valence-electron chi connectivity index (χ4n) is 2.41. The van der Waals surface area contributed by atoms with Crippen LogP contribution in [0.4, 0.5) is 11.4 Å². The molecule has 0 unspecified atom stereocenters. The van der Waals surface area contributed by atoms with Gasteiger partial charge in [0.1, 0.15) is 0 Å². The maximum atomic E-state index is 12.4. The normalized spacial score (nSPS) is 10.5. The minimum absolute atomic E-state index is 0.0201. The lowest BCUT2D eigenvalue weighted by Gasteiger charge is -2.08. The van der Waals surface area contributed by atoms with Crippen LogP contribution in [0, 0.1) is 17.0 Å². The second-order valence-electron chi connectivity index (χ2n) is 5.42. The Kier molecular flexibility index (Phi) is 4.21. The molecule has 3 rings (SSSR count). The molecule has 0 saturated carbocycles. The van der Waals surface area contributed by atoms with Crippen molar-refractivity contribution in [3.63, 3.8) is 0 Å². The number of hydrogen-bond acceptors (Lipinski definition) is 6. The Morgan fingerprint density at radius 3 is 2.68 bits per heavy atom. The van der Waals surface area contributed by atoms with Crippen LogP contribution in [0.15, 0.2) is 42.5 Å². The van der Waals surface area contributed by atoms with Crippen molar-refractivity contribution in [2.45, 2.75) is 6.92 Å². The summed E-state index contributed by atoms with van der Waals surface area (Å²) in [6.45, 7) is 1.59. The van der Waals surface area contributed by atoms with Crippen LogP contribution in [0.1, 0.15) is 15.9 Å². The van der Waals surface area contributed by atoms with Crippen LogP contribution in [0.3, 0.4) is 0 Å².